The average molecular weight is 401 g/mol. The number of methoxy groups -OCH3 is 3. The van der Waals surface area contributed by atoms with Crippen LogP contribution in [0.3, 0.4) is 0 Å². The molecule has 3 rings (SSSR count). The number of benzene rings is 2. The van der Waals surface area contributed by atoms with Gasteiger partial charge in [0.05, 0.1) is 41.1 Å². The fourth-order valence-electron chi connectivity index (χ4n) is 3.55. The molecule has 7 nitrogen and oxygen atoms in total. The van der Waals surface area contributed by atoms with Gasteiger partial charge in [-0.25, -0.2) is 0 Å². The molecule has 0 aromatic heterocycles. The van der Waals surface area contributed by atoms with Gasteiger partial charge in [-0.2, -0.15) is 0 Å². The first-order chi connectivity index (χ1) is 14.1. The number of carbonyl (C=O) groups is 1. The molecule has 2 aromatic carbocycles. The number of rotatable bonds is 8. The summed E-state index contributed by atoms with van der Waals surface area (Å²) in [6, 6.07) is 13.3. The Balaban J connectivity index is 1.76. The lowest BCUT2D eigenvalue weighted by molar-refractivity contribution is -0.937. The smallest absolute Gasteiger partial charge is 0.251 e. The minimum Gasteiger partial charge on any atom is -0.497 e. The summed E-state index contributed by atoms with van der Waals surface area (Å²) in [6.07, 6.45) is 0. The predicted octanol–water partition coefficient (Wildman–Crippen LogP) is 1.10. The van der Waals surface area contributed by atoms with Crippen LogP contribution in [-0.2, 0) is 4.74 Å². The van der Waals surface area contributed by atoms with Crippen molar-refractivity contribution < 1.29 is 28.6 Å². The number of hydrogen-bond acceptors (Lipinski definition) is 5. The van der Waals surface area contributed by atoms with Crippen molar-refractivity contribution in [3.8, 4) is 17.2 Å². The van der Waals surface area contributed by atoms with E-state index in [1.807, 2.05) is 12.1 Å². The minimum atomic E-state index is -0.159. The quantitative estimate of drug-likeness (QED) is 0.693. The van der Waals surface area contributed by atoms with Crippen molar-refractivity contribution in [1.29, 1.82) is 0 Å². The van der Waals surface area contributed by atoms with E-state index in [2.05, 4.69) is 17.4 Å². The maximum absolute atomic E-state index is 12.8. The highest BCUT2D eigenvalue weighted by Crippen LogP contribution is 2.22. The van der Waals surface area contributed by atoms with Crippen LogP contribution in [-0.4, -0.2) is 60.1 Å². The molecule has 1 amide bonds. The fourth-order valence-corrected chi connectivity index (χ4v) is 3.55. The lowest BCUT2D eigenvalue weighted by Gasteiger charge is -2.32. The number of carbonyl (C=O) groups excluding carboxylic acids is 1. The third kappa shape index (κ3) is 5.40. The molecule has 1 aliphatic heterocycles. The molecule has 2 aromatic rings. The van der Waals surface area contributed by atoms with Gasteiger partial charge in [0.25, 0.3) is 5.91 Å². The number of hydrogen-bond donors (Lipinski definition) is 2. The molecule has 1 heterocycles. The maximum atomic E-state index is 12.8. The fraction of sp³-hybridized carbons (Fsp3) is 0.409. The molecule has 0 aliphatic carbocycles. The van der Waals surface area contributed by atoms with E-state index >= 15 is 0 Å². The average Bonchev–Trinajstić information content (AvgIpc) is 2.79. The molecule has 0 spiro atoms. The number of amides is 1. The van der Waals surface area contributed by atoms with E-state index in [4.69, 9.17) is 18.9 Å². The Labute approximate surface area is 171 Å². The topological polar surface area (TPSA) is 70.5 Å². The lowest BCUT2D eigenvalue weighted by Crippen LogP contribution is -3.15. The van der Waals surface area contributed by atoms with Crippen LogP contribution in [0.2, 0.25) is 0 Å². The molecule has 0 bridgehead atoms. The second kappa shape index (κ2) is 10.1. The van der Waals surface area contributed by atoms with E-state index in [1.165, 1.54) is 4.90 Å². The Kier molecular flexibility index (Phi) is 7.32. The number of quaternary nitrogens is 1. The van der Waals surface area contributed by atoms with E-state index in [0.717, 1.165) is 37.6 Å². The number of ether oxygens (including phenoxy) is 4. The van der Waals surface area contributed by atoms with E-state index in [-0.39, 0.29) is 11.9 Å². The molecule has 0 unspecified atom stereocenters. The molecule has 0 radical (unpaired) electrons. The van der Waals surface area contributed by atoms with Crippen molar-refractivity contribution in [3.63, 3.8) is 0 Å². The van der Waals surface area contributed by atoms with E-state index in [0.29, 0.717) is 23.6 Å². The van der Waals surface area contributed by atoms with Crippen LogP contribution in [0, 0.1) is 0 Å². The van der Waals surface area contributed by atoms with Gasteiger partial charge in [-0.1, -0.05) is 0 Å². The van der Waals surface area contributed by atoms with Crippen molar-refractivity contribution in [2.45, 2.75) is 6.04 Å². The molecule has 1 atom stereocenters. The monoisotopic (exact) mass is 401 g/mol. The van der Waals surface area contributed by atoms with Gasteiger partial charge >= 0.3 is 0 Å². The van der Waals surface area contributed by atoms with Crippen LogP contribution in [0.5, 0.6) is 17.2 Å². The van der Waals surface area contributed by atoms with Gasteiger partial charge < -0.3 is 29.2 Å². The SMILES string of the molecule is COc1ccc([C@@H](CNC(=O)c2cc(OC)cc(OC)c2)[NH+]2CCOCC2)cc1. The largest absolute Gasteiger partial charge is 0.497 e. The normalized spacial score (nSPS) is 15.4. The Morgan fingerprint density at radius 2 is 1.55 bits per heavy atom. The number of morpholine rings is 1. The Morgan fingerprint density at radius 1 is 0.966 bits per heavy atom. The minimum absolute atomic E-state index is 0.126. The summed E-state index contributed by atoms with van der Waals surface area (Å²) in [5.74, 6) is 1.82. The highest BCUT2D eigenvalue weighted by atomic mass is 16.5. The van der Waals surface area contributed by atoms with Crippen LogP contribution >= 0.6 is 0 Å². The molecule has 0 saturated carbocycles. The van der Waals surface area contributed by atoms with Crippen LogP contribution < -0.4 is 24.4 Å². The first-order valence-electron chi connectivity index (χ1n) is 9.72. The zero-order valence-electron chi connectivity index (χ0n) is 17.2. The molecule has 1 saturated heterocycles. The van der Waals surface area contributed by atoms with Gasteiger partial charge in [0.1, 0.15) is 36.4 Å². The van der Waals surface area contributed by atoms with Crippen LogP contribution in [0.4, 0.5) is 0 Å². The predicted molar refractivity (Wildman–Crippen MR) is 109 cm³/mol. The van der Waals surface area contributed by atoms with Gasteiger partial charge in [0, 0.05) is 17.2 Å². The standard InChI is InChI=1S/C22H28N2O5/c1-26-18-6-4-16(5-7-18)21(24-8-10-29-11-9-24)15-23-22(25)17-12-19(27-2)14-20(13-17)28-3/h4-7,12-14,21H,8-11,15H2,1-3H3,(H,23,25)/p+1/t21-/m1/s1. The summed E-state index contributed by atoms with van der Waals surface area (Å²) in [7, 11) is 4.79. The van der Waals surface area contributed by atoms with Crippen molar-refractivity contribution >= 4 is 5.91 Å². The molecule has 7 heteroatoms. The first kappa shape index (κ1) is 21.0. The summed E-state index contributed by atoms with van der Waals surface area (Å²) in [4.78, 5) is 14.2. The third-order valence-electron chi connectivity index (χ3n) is 5.23. The Morgan fingerprint density at radius 3 is 2.10 bits per heavy atom. The summed E-state index contributed by atoms with van der Waals surface area (Å²) in [6.45, 7) is 3.77. The Bertz CT molecular complexity index is 781. The van der Waals surface area contributed by atoms with Gasteiger partial charge in [-0.05, 0) is 36.4 Å². The maximum Gasteiger partial charge on any atom is 0.251 e. The molecule has 1 fully saturated rings. The van der Waals surface area contributed by atoms with Crippen molar-refractivity contribution in [3.05, 3.63) is 53.6 Å². The molecule has 2 N–H and O–H groups in total. The highest BCUT2D eigenvalue weighted by Gasteiger charge is 2.27. The number of nitrogens with one attached hydrogen (secondary N) is 2. The second-order valence-electron chi connectivity index (χ2n) is 6.91. The lowest BCUT2D eigenvalue weighted by atomic mass is 10.0. The summed E-state index contributed by atoms with van der Waals surface area (Å²) in [5.41, 5.74) is 1.66. The zero-order chi connectivity index (χ0) is 20.6. The van der Waals surface area contributed by atoms with Gasteiger partial charge in [-0.3, -0.25) is 4.79 Å². The van der Waals surface area contributed by atoms with E-state index < -0.39 is 0 Å². The Hall–Kier alpha value is -2.77. The van der Waals surface area contributed by atoms with Crippen LogP contribution in [0.25, 0.3) is 0 Å². The van der Waals surface area contributed by atoms with Gasteiger partial charge in [-0.15, -0.1) is 0 Å². The second-order valence-corrected chi connectivity index (χ2v) is 6.91. The first-order valence-corrected chi connectivity index (χ1v) is 9.72. The molecular formula is C22H29N2O5+. The van der Waals surface area contributed by atoms with Crippen molar-refractivity contribution in [1.82, 2.24) is 5.32 Å². The van der Waals surface area contributed by atoms with Crippen LogP contribution in [0.1, 0.15) is 22.0 Å². The molecule has 1 aliphatic rings. The van der Waals surface area contributed by atoms with E-state index in [9.17, 15) is 4.79 Å². The zero-order valence-corrected chi connectivity index (χ0v) is 17.2. The summed E-state index contributed by atoms with van der Waals surface area (Å²) < 4.78 is 21.3. The van der Waals surface area contributed by atoms with Crippen molar-refractivity contribution in [2.24, 2.45) is 0 Å². The summed E-state index contributed by atoms with van der Waals surface area (Å²) >= 11 is 0. The third-order valence-corrected chi connectivity index (χ3v) is 5.23. The van der Waals surface area contributed by atoms with Crippen molar-refractivity contribution in [2.75, 3.05) is 54.2 Å². The van der Waals surface area contributed by atoms with E-state index in [1.54, 1.807) is 39.5 Å². The molecule has 29 heavy (non-hydrogen) atoms. The molecular weight excluding hydrogens is 372 g/mol. The van der Waals surface area contributed by atoms with Gasteiger partial charge in [0.2, 0.25) is 0 Å². The molecule has 156 valence electrons. The summed E-state index contributed by atoms with van der Waals surface area (Å²) in [5, 5.41) is 3.08. The van der Waals surface area contributed by atoms with Crippen LogP contribution in [0.15, 0.2) is 42.5 Å². The highest BCUT2D eigenvalue weighted by molar-refractivity contribution is 5.95. The van der Waals surface area contributed by atoms with Gasteiger partial charge in [0.15, 0.2) is 0 Å².